The molecule has 4 nitrogen and oxygen atoms in total. The molecule has 1 heterocycles. The van der Waals surface area contributed by atoms with Crippen LogP contribution in [0.2, 0.25) is 0 Å². The molecule has 0 atom stereocenters. The highest BCUT2D eigenvalue weighted by atomic mass is 16.5. The fourth-order valence-corrected chi connectivity index (χ4v) is 1.84. The summed E-state index contributed by atoms with van der Waals surface area (Å²) in [5.74, 6) is -0.790. The quantitative estimate of drug-likeness (QED) is 0.835. The van der Waals surface area contributed by atoms with Crippen molar-refractivity contribution < 1.29 is 14.6 Å². The number of hydrogen-bond acceptors (Lipinski definition) is 3. The predicted molar refractivity (Wildman–Crippen MR) is 65.3 cm³/mol. The summed E-state index contributed by atoms with van der Waals surface area (Å²) in [6.45, 7) is 5.02. The maximum Gasteiger partial charge on any atom is 0.316 e. The van der Waals surface area contributed by atoms with Crippen molar-refractivity contribution in [1.29, 1.82) is 0 Å². The van der Waals surface area contributed by atoms with Crippen molar-refractivity contribution in [2.45, 2.75) is 13.8 Å². The summed E-state index contributed by atoms with van der Waals surface area (Å²) in [5.41, 5.74) is 2.53. The van der Waals surface area contributed by atoms with Crippen LogP contribution in [-0.4, -0.2) is 30.8 Å². The van der Waals surface area contributed by atoms with Crippen LogP contribution in [0.3, 0.4) is 0 Å². The lowest BCUT2D eigenvalue weighted by Crippen LogP contribution is -2.53. The molecule has 4 heteroatoms. The van der Waals surface area contributed by atoms with E-state index in [1.807, 2.05) is 32.0 Å². The van der Waals surface area contributed by atoms with Gasteiger partial charge in [0.25, 0.3) is 0 Å². The Balaban J connectivity index is 2.07. The van der Waals surface area contributed by atoms with Crippen molar-refractivity contribution in [3.05, 3.63) is 29.3 Å². The second kappa shape index (κ2) is 4.37. The van der Waals surface area contributed by atoms with Gasteiger partial charge in [-0.15, -0.1) is 0 Å². The molecule has 2 N–H and O–H groups in total. The van der Waals surface area contributed by atoms with E-state index in [1.165, 1.54) is 0 Å². The van der Waals surface area contributed by atoms with E-state index in [1.54, 1.807) is 0 Å². The van der Waals surface area contributed by atoms with Crippen molar-refractivity contribution in [3.8, 4) is 0 Å². The fourth-order valence-electron chi connectivity index (χ4n) is 1.84. The van der Waals surface area contributed by atoms with Crippen LogP contribution < -0.4 is 5.32 Å². The van der Waals surface area contributed by atoms with E-state index in [0.717, 1.165) is 16.8 Å². The van der Waals surface area contributed by atoms with Crippen molar-refractivity contribution >= 4 is 11.7 Å². The number of carboxylic acids is 1. The number of ether oxygens (including phenoxy) is 1. The van der Waals surface area contributed by atoms with Crippen molar-refractivity contribution in [3.63, 3.8) is 0 Å². The number of aryl methyl sites for hydroxylation is 2. The van der Waals surface area contributed by atoms with Crippen LogP contribution in [0, 0.1) is 19.3 Å². The second-order valence-electron chi connectivity index (χ2n) is 4.75. The molecular formula is C13H17NO3. The van der Waals surface area contributed by atoms with Gasteiger partial charge in [-0.2, -0.15) is 0 Å². The molecular weight excluding hydrogens is 218 g/mol. The standard InChI is InChI=1S/C13H17NO3/c1-9-3-4-10(2)11(5-9)14-6-13(12(15)16)7-17-8-13/h3-5,14H,6-8H2,1-2H3,(H,15,16). The molecule has 1 fully saturated rings. The zero-order valence-electron chi connectivity index (χ0n) is 10.1. The molecule has 1 aromatic carbocycles. The number of benzene rings is 1. The van der Waals surface area contributed by atoms with Gasteiger partial charge in [0.2, 0.25) is 0 Å². The average Bonchev–Trinajstić information content (AvgIpc) is 2.21. The topological polar surface area (TPSA) is 58.6 Å². The van der Waals surface area contributed by atoms with Crippen LogP contribution in [0.4, 0.5) is 5.69 Å². The molecule has 0 unspecified atom stereocenters. The Morgan fingerprint density at radius 3 is 2.71 bits per heavy atom. The zero-order valence-corrected chi connectivity index (χ0v) is 10.1. The molecule has 0 bridgehead atoms. The summed E-state index contributed by atoms with van der Waals surface area (Å²) < 4.78 is 5.02. The Bertz CT molecular complexity index is 438. The average molecular weight is 235 g/mol. The van der Waals surface area contributed by atoms with Crippen LogP contribution in [0.5, 0.6) is 0 Å². The van der Waals surface area contributed by atoms with Crippen LogP contribution in [-0.2, 0) is 9.53 Å². The molecule has 0 amide bonds. The highest BCUT2D eigenvalue weighted by Crippen LogP contribution is 2.29. The van der Waals surface area contributed by atoms with Crippen LogP contribution >= 0.6 is 0 Å². The summed E-state index contributed by atoms with van der Waals surface area (Å²) in [4.78, 5) is 11.2. The molecule has 1 aliphatic rings. The van der Waals surface area contributed by atoms with E-state index in [9.17, 15) is 4.79 Å². The van der Waals surface area contributed by atoms with Crippen LogP contribution in [0.15, 0.2) is 18.2 Å². The Labute approximate surface area is 101 Å². The first-order valence-electron chi connectivity index (χ1n) is 5.66. The molecule has 0 aromatic heterocycles. The summed E-state index contributed by atoms with van der Waals surface area (Å²) in [7, 11) is 0. The Kier molecular flexibility index (Phi) is 3.07. The lowest BCUT2D eigenvalue weighted by molar-refractivity contribution is -0.176. The second-order valence-corrected chi connectivity index (χ2v) is 4.75. The highest BCUT2D eigenvalue weighted by molar-refractivity contribution is 5.77. The molecule has 1 aliphatic heterocycles. The summed E-state index contributed by atoms with van der Waals surface area (Å²) in [5, 5.41) is 12.4. The summed E-state index contributed by atoms with van der Waals surface area (Å²) >= 11 is 0. The van der Waals surface area contributed by atoms with Gasteiger partial charge in [0.15, 0.2) is 0 Å². The molecule has 1 saturated heterocycles. The smallest absolute Gasteiger partial charge is 0.316 e. The maximum atomic E-state index is 11.2. The number of aliphatic carboxylic acids is 1. The monoisotopic (exact) mass is 235 g/mol. The van der Waals surface area contributed by atoms with E-state index in [2.05, 4.69) is 5.32 Å². The van der Waals surface area contributed by atoms with Crippen LogP contribution in [0.25, 0.3) is 0 Å². The van der Waals surface area contributed by atoms with Gasteiger partial charge in [-0.05, 0) is 31.0 Å². The molecule has 0 aliphatic carbocycles. The Hall–Kier alpha value is -1.55. The third-order valence-electron chi connectivity index (χ3n) is 3.22. The van der Waals surface area contributed by atoms with E-state index in [4.69, 9.17) is 9.84 Å². The fraction of sp³-hybridized carbons (Fsp3) is 0.462. The van der Waals surface area contributed by atoms with Crippen molar-refractivity contribution in [2.75, 3.05) is 25.1 Å². The lowest BCUT2D eigenvalue weighted by atomic mass is 9.86. The highest BCUT2D eigenvalue weighted by Gasteiger charge is 2.46. The molecule has 0 saturated carbocycles. The van der Waals surface area contributed by atoms with Gasteiger partial charge in [-0.1, -0.05) is 12.1 Å². The minimum Gasteiger partial charge on any atom is -0.481 e. The van der Waals surface area contributed by atoms with Gasteiger partial charge in [0, 0.05) is 12.2 Å². The first kappa shape index (κ1) is 11.9. The van der Waals surface area contributed by atoms with Gasteiger partial charge >= 0.3 is 5.97 Å². The maximum absolute atomic E-state index is 11.2. The first-order chi connectivity index (χ1) is 8.03. The summed E-state index contributed by atoms with van der Waals surface area (Å²) in [6.07, 6.45) is 0. The SMILES string of the molecule is Cc1ccc(C)c(NCC2(C(=O)O)COC2)c1. The molecule has 0 spiro atoms. The van der Waals surface area contributed by atoms with E-state index < -0.39 is 11.4 Å². The normalized spacial score (nSPS) is 17.3. The van der Waals surface area contributed by atoms with Crippen molar-refractivity contribution in [1.82, 2.24) is 0 Å². The summed E-state index contributed by atoms with van der Waals surface area (Å²) in [6, 6.07) is 6.10. The van der Waals surface area contributed by atoms with Gasteiger partial charge in [-0.3, -0.25) is 4.79 Å². The van der Waals surface area contributed by atoms with Gasteiger partial charge < -0.3 is 15.2 Å². The Morgan fingerprint density at radius 1 is 1.47 bits per heavy atom. The largest absolute Gasteiger partial charge is 0.481 e. The molecule has 1 aromatic rings. The third-order valence-corrected chi connectivity index (χ3v) is 3.22. The predicted octanol–water partition coefficient (Wildman–Crippen LogP) is 1.82. The van der Waals surface area contributed by atoms with E-state index in [0.29, 0.717) is 19.8 Å². The molecule has 0 radical (unpaired) electrons. The number of anilines is 1. The number of rotatable bonds is 4. The zero-order chi connectivity index (χ0) is 12.5. The van der Waals surface area contributed by atoms with E-state index in [-0.39, 0.29) is 0 Å². The Morgan fingerprint density at radius 2 is 2.18 bits per heavy atom. The van der Waals surface area contributed by atoms with Gasteiger partial charge in [-0.25, -0.2) is 0 Å². The van der Waals surface area contributed by atoms with Crippen LogP contribution in [0.1, 0.15) is 11.1 Å². The number of nitrogens with one attached hydrogen (secondary N) is 1. The van der Waals surface area contributed by atoms with Gasteiger partial charge in [0.05, 0.1) is 13.2 Å². The third kappa shape index (κ3) is 2.26. The first-order valence-corrected chi connectivity index (χ1v) is 5.66. The molecule has 92 valence electrons. The molecule has 2 rings (SSSR count). The van der Waals surface area contributed by atoms with Gasteiger partial charge in [0.1, 0.15) is 5.41 Å². The minimum absolute atomic E-state index is 0.292. The van der Waals surface area contributed by atoms with E-state index >= 15 is 0 Å². The lowest BCUT2D eigenvalue weighted by Gasteiger charge is -2.37. The number of carbonyl (C=O) groups is 1. The number of hydrogen-bond donors (Lipinski definition) is 2. The number of carboxylic acid groups (broad SMARTS) is 1. The van der Waals surface area contributed by atoms with Crippen molar-refractivity contribution in [2.24, 2.45) is 5.41 Å². The minimum atomic E-state index is -0.790. The molecule has 17 heavy (non-hydrogen) atoms.